The summed E-state index contributed by atoms with van der Waals surface area (Å²) in [6, 6.07) is 19.6. The highest BCUT2D eigenvalue weighted by Gasteiger charge is 2.54. The van der Waals surface area contributed by atoms with Gasteiger partial charge in [-0.05, 0) is 15.4 Å². The second kappa shape index (κ2) is 9.21. The van der Waals surface area contributed by atoms with Crippen molar-refractivity contribution in [2.24, 2.45) is 0 Å². The fourth-order valence-electron chi connectivity index (χ4n) is 4.63. The summed E-state index contributed by atoms with van der Waals surface area (Å²) in [5.74, 6) is -0.917. The average Bonchev–Trinajstić information content (AvgIpc) is 3.14. The van der Waals surface area contributed by atoms with Crippen molar-refractivity contribution in [1.29, 1.82) is 0 Å². The third kappa shape index (κ3) is 4.47. The summed E-state index contributed by atoms with van der Waals surface area (Å²) in [7, 11) is -2.90. The first-order valence-corrected chi connectivity index (χ1v) is 13.9. The van der Waals surface area contributed by atoms with Crippen molar-refractivity contribution in [2.75, 3.05) is 6.54 Å². The molecule has 176 valence electrons. The molecule has 3 amide bonds. The van der Waals surface area contributed by atoms with Gasteiger partial charge in [0.25, 0.3) is 14.2 Å². The van der Waals surface area contributed by atoms with Gasteiger partial charge in [-0.15, -0.1) is 11.8 Å². The summed E-state index contributed by atoms with van der Waals surface area (Å²) in [6.45, 7) is 6.14. The van der Waals surface area contributed by atoms with Crippen LogP contribution in [0.15, 0.2) is 60.7 Å². The van der Waals surface area contributed by atoms with Gasteiger partial charge in [0.2, 0.25) is 0 Å². The van der Waals surface area contributed by atoms with Crippen molar-refractivity contribution in [3.05, 3.63) is 60.7 Å². The van der Waals surface area contributed by atoms with E-state index in [1.807, 2.05) is 36.4 Å². The molecule has 2 heterocycles. The van der Waals surface area contributed by atoms with Crippen LogP contribution >= 0.6 is 11.8 Å². The summed E-state index contributed by atoms with van der Waals surface area (Å²) in [6.07, 6.45) is -2.38. The Hall–Kier alpha value is -2.20. The Morgan fingerprint density at radius 1 is 1.06 bits per heavy atom. The molecule has 1 unspecified atom stereocenters. The minimum Gasteiger partial charge on any atom is -0.393 e. The molecule has 0 saturated carbocycles. The zero-order valence-corrected chi connectivity index (χ0v) is 20.7. The van der Waals surface area contributed by atoms with E-state index in [1.165, 1.54) is 16.7 Å². The number of urea groups is 1. The Balaban J connectivity index is 1.69. The molecule has 33 heavy (non-hydrogen) atoms. The van der Waals surface area contributed by atoms with Gasteiger partial charge in [-0.1, -0.05) is 81.4 Å². The topological polar surface area (TPSA) is 78.9 Å². The molecule has 0 aliphatic carbocycles. The lowest BCUT2D eigenvalue weighted by Gasteiger charge is -2.45. The molecule has 2 aliphatic heterocycles. The first-order valence-electron chi connectivity index (χ1n) is 11.0. The van der Waals surface area contributed by atoms with Crippen LogP contribution < -0.4 is 15.7 Å². The van der Waals surface area contributed by atoms with Gasteiger partial charge in [-0.2, -0.15) is 0 Å². The van der Waals surface area contributed by atoms with Crippen LogP contribution in [0.3, 0.4) is 0 Å². The number of imide groups is 1. The van der Waals surface area contributed by atoms with Crippen molar-refractivity contribution in [3.63, 3.8) is 0 Å². The van der Waals surface area contributed by atoms with Crippen molar-refractivity contribution in [2.45, 2.75) is 55.3 Å². The van der Waals surface area contributed by atoms with Crippen LogP contribution in [0.1, 0.15) is 27.2 Å². The van der Waals surface area contributed by atoms with E-state index in [9.17, 15) is 19.1 Å². The van der Waals surface area contributed by atoms with E-state index in [-0.39, 0.29) is 18.0 Å². The molecule has 4 atom stereocenters. The lowest BCUT2D eigenvalue weighted by atomic mass is 10.2. The maximum absolute atomic E-state index is 14.0. The number of carbonyl (C=O) groups excluding carboxylic acids is 2. The molecule has 2 saturated heterocycles. The van der Waals surface area contributed by atoms with Crippen LogP contribution in [-0.2, 0) is 9.22 Å². The predicted molar refractivity (Wildman–Crippen MR) is 130 cm³/mol. The second-order valence-electron chi connectivity index (χ2n) is 9.46. The minimum atomic E-state index is -2.90. The van der Waals surface area contributed by atoms with Gasteiger partial charge >= 0.3 is 6.03 Å². The minimum absolute atomic E-state index is 0.238. The highest BCUT2D eigenvalue weighted by molar-refractivity contribution is 8.00. The van der Waals surface area contributed by atoms with Gasteiger partial charge < -0.3 is 14.4 Å². The number of aliphatic hydroxyl groups is 1. The number of benzene rings is 2. The molecule has 6 nitrogen and oxygen atoms in total. The maximum Gasteiger partial charge on any atom is 0.325 e. The lowest BCUT2D eigenvalue weighted by Crippen LogP contribution is -2.68. The van der Waals surface area contributed by atoms with Gasteiger partial charge in [-0.25, -0.2) is 9.18 Å². The van der Waals surface area contributed by atoms with E-state index < -0.39 is 43.3 Å². The molecular weight excluding hydrogens is 459 g/mol. The van der Waals surface area contributed by atoms with Gasteiger partial charge in [-0.3, -0.25) is 10.1 Å². The van der Waals surface area contributed by atoms with Gasteiger partial charge in [0, 0.05) is 6.42 Å². The van der Waals surface area contributed by atoms with E-state index in [4.69, 9.17) is 4.43 Å². The molecule has 0 bridgehead atoms. The molecule has 2 aliphatic rings. The number of halogens is 1. The number of carbonyl (C=O) groups is 2. The molecule has 0 spiro atoms. The van der Waals surface area contributed by atoms with Gasteiger partial charge in [0.15, 0.2) is 6.17 Å². The average molecular weight is 489 g/mol. The number of thioether (sulfide) groups is 1. The first kappa shape index (κ1) is 23.9. The van der Waals surface area contributed by atoms with Crippen LogP contribution in [-0.4, -0.2) is 59.9 Å². The fraction of sp³-hybridized carbons (Fsp3) is 0.417. The summed E-state index contributed by atoms with van der Waals surface area (Å²) in [5, 5.41) is 14.4. The molecule has 2 aromatic carbocycles. The number of amides is 3. The molecule has 2 fully saturated rings. The van der Waals surface area contributed by atoms with E-state index in [1.54, 1.807) is 0 Å². The summed E-state index contributed by atoms with van der Waals surface area (Å²) >= 11 is 1.31. The van der Waals surface area contributed by atoms with E-state index >= 15 is 0 Å². The largest absolute Gasteiger partial charge is 0.393 e. The number of hydrogen-bond donors (Lipinski definition) is 2. The number of alkyl halides is 1. The Labute approximate surface area is 198 Å². The van der Waals surface area contributed by atoms with Crippen LogP contribution in [0.2, 0.25) is 5.04 Å². The molecular formula is C24H29FN2O4SSi. The monoisotopic (exact) mass is 488 g/mol. The lowest BCUT2D eigenvalue weighted by molar-refractivity contribution is -0.127. The number of aliphatic hydroxyl groups excluding tert-OH is 1. The van der Waals surface area contributed by atoms with E-state index in [2.05, 4.69) is 50.4 Å². The Morgan fingerprint density at radius 3 is 2.12 bits per heavy atom. The van der Waals surface area contributed by atoms with Crippen LogP contribution in [0, 0.1) is 0 Å². The molecule has 2 aromatic rings. The number of rotatable bonds is 5. The van der Waals surface area contributed by atoms with Crippen molar-refractivity contribution < 1.29 is 23.5 Å². The van der Waals surface area contributed by atoms with Crippen molar-refractivity contribution >= 4 is 42.4 Å². The Kier molecular flexibility index (Phi) is 6.68. The molecule has 2 N–H and O–H groups in total. The summed E-state index contributed by atoms with van der Waals surface area (Å²) < 4.78 is 21.0. The maximum atomic E-state index is 14.0. The Morgan fingerprint density at radius 2 is 1.61 bits per heavy atom. The van der Waals surface area contributed by atoms with Crippen molar-refractivity contribution in [1.82, 2.24) is 10.2 Å². The second-order valence-corrected chi connectivity index (χ2v) is 15.0. The third-order valence-electron chi connectivity index (χ3n) is 6.24. The highest BCUT2D eigenvalue weighted by Crippen LogP contribution is 2.44. The zero-order valence-electron chi connectivity index (χ0n) is 18.9. The quantitative estimate of drug-likeness (QED) is 0.633. The summed E-state index contributed by atoms with van der Waals surface area (Å²) in [5.41, 5.74) is -0.607. The first-order chi connectivity index (χ1) is 15.6. The number of nitrogens with one attached hydrogen (secondary N) is 1. The van der Waals surface area contributed by atoms with Crippen LogP contribution in [0.25, 0.3) is 0 Å². The SMILES string of the molecule is CC(C)(C)[Si](O[C@H]1S[C@@H](N2CC(F)C(=O)NC2=O)C[C@@H]1O)(c1ccccc1)c1ccccc1. The van der Waals surface area contributed by atoms with Crippen LogP contribution in [0.4, 0.5) is 9.18 Å². The highest BCUT2D eigenvalue weighted by atomic mass is 32.2. The normalized spacial score (nSPS) is 26.4. The van der Waals surface area contributed by atoms with E-state index in [0.717, 1.165) is 10.4 Å². The number of nitrogens with zero attached hydrogens (tertiary/aromatic N) is 1. The number of hydrogen-bond acceptors (Lipinski definition) is 5. The molecule has 0 radical (unpaired) electrons. The third-order valence-corrected chi connectivity index (χ3v) is 12.9. The van der Waals surface area contributed by atoms with Gasteiger partial charge in [0.05, 0.1) is 18.0 Å². The summed E-state index contributed by atoms with van der Waals surface area (Å²) in [4.78, 5) is 25.1. The van der Waals surface area contributed by atoms with E-state index in [0.29, 0.717) is 0 Å². The van der Waals surface area contributed by atoms with Crippen molar-refractivity contribution in [3.8, 4) is 0 Å². The predicted octanol–water partition coefficient (Wildman–Crippen LogP) is 2.60. The molecule has 9 heteroatoms. The smallest absolute Gasteiger partial charge is 0.325 e. The fourth-order valence-corrected chi connectivity index (χ4v) is 11.0. The molecule has 4 rings (SSSR count). The zero-order chi connectivity index (χ0) is 23.8. The Bertz CT molecular complexity index is 965. The van der Waals surface area contributed by atoms with Crippen LogP contribution in [0.5, 0.6) is 0 Å². The van der Waals surface area contributed by atoms with Gasteiger partial charge in [0.1, 0.15) is 5.44 Å². The standard InChI is InChI=1S/C24H29FN2O4SSi/c1-24(2,3)33(16-10-6-4-7-11-16,17-12-8-5-9-13-17)31-22-19(28)14-20(32-22)27-15-18(25)21(29)26-23(27)30/h4-13,18-20,22,28H,14-15H2,1-3H3,(H,26,29,30)/t18?,19-,20+,22-/m0/s1. The molecule has 0 aromatic heterocycles.